The lowest BCUT2D eigenvalue weighted by Gasteiger charge is -2.39. The molecule has 1 nitrogen and oxygen atoms in total. The van der Waals surface area contributed by atoms with E-state index in [9.17, 15) is 0 Å². The Labute approximate surface area is 105 Å². The maximum atomic E-state index is 3.86. The quantitative estimate of drug-likeness (QED) is 0.833. The van der Waals surface area contributed by atoms with Gasteiger partial charge in [-0.3, -0.25) is 0 Å². The van der Waals surface area contributed by atoms with Crippen molar-refractivity contribution in [2.75, 3.05) is 0 Å². The number of rotatable bonds is 3. The maximum Gasteiger partial charge on any atom is 0.00952 e. The zero-order valence-electron chi connectivity index (χ0n) is 10.7. The maximum absolute atomic E-state index is 3.86. The fourth-order valence-electron chi connectivity index (χ4n) is 3.45. The van der Waals surface area contributed by atoms with Gasteiger partial charge in [-0.1, -0.05) is 43.7 Å². The van der Waals surface area contributed by atoms with E-state index in [0.29, 0.717) is 0 Å². The Hall–Kier alpha value is -0.820. The molecule has 1 aromatic rings. The zero-order chi connectivity index (χ0) is 11.7. The van der Waals surface area contributed by atoms with Crippen molar-refractivity contribution in [2.24, 2.45) is 5.92 Å². The van der Waals surface area contributed by atoms with Gasteiger partial charge in [-0.05, 0) is 43.1 Å². The average molecular weight is 229 g/mol. The van der Waals surface area contributed by atoms with E-state index in [0.717, 1.165) is 23.9 Å². The highest BCUT2D eigenvalue weighted by molar-refractivity contribution is 5.22. The molecule has 0 spiro atoms. The Balaban J connectivity index is 1.49. The molecule has 0 aromatic heterocycles. The number of hydrogen-bond acceptors (Lipinski definition) is 1. The minimum atomic E-state index is 0.783. The first-order chi connectivity index (χ1) is 8.33. The van der Waals surface area contributed by atoms with Crippen LogP contribution in [0.4, 0.5) is 0 Å². The predicted molar refractivity (Wildman–Crippen MR) is 72.1 cm³/mol. The Morgan fingerprint density at radius 2 is 1.82 bits per heavy atom. The number of nitrogens with one attached hydrogen (secondary N) is 1. The minimum Gasteiger partial charge on any atom is -0.311 e. The zero-order valence-corrected chi connectivity index (χ0v) is 10.7. The van der Waals surface area contributed by atoms with Crippen LogP contribution >= 0.6 is 0 Å². The smallest absolute Gasteiger partial charge is 0.00952 e. The topological polar surface area (TPSA) is 12.0 Å². The Bertz CT molecular complexity index is 353. The van der Waals surface area contributed by atoms with Crippen molar-refractivity contribution in [3.63, 3.8) is 0 Å². The molecule has 17 heavy (non-hydrogen) atoms. The Kier molecular flexibility index (Phi) is 3.19. The van der Waals surface area contributed by atoms with Crippen LogP contribution in [-0.4, -0.2) is 12.1 Å². The summed E-state index contributed by atoms with van der Waals surface area (Å²) >= 11 is 0. The standard InChI is InChI=1S/C16H23N/c1-12-6-5-9-16(12)17-15-10-14(11-15)13-7-3-2-4-8-13/h2-4,7-8,12,14-17H,5-6,9-11H2,1H3. The summed E-state index contributed by atoms with van der Waals surface area (Å²) in [6.07, 6.45) is 6.92. The fraction of sp³-hybridized carbons (Fsp3) is 0.625. The Morgan fingerprint density at radius 1 is 1.06 bits per heavy atom. The molecule has 1 heteroatoms. The minimum absolute atomic E-state index is 0.783. The third-order valence-electron chi connectivity index (χ3n) is 4.72. The van der Waals surface area contributed by atoms with E-state index >= 15 is 0 Å². The third-order valence-corrected chi connectivity index (χ3v) is 4.72. The van der Waals surface area contributed by atoms with Crippen molar-refractivity contribution in [2.45, 2.75) is 57.0 Å². The van der Waals surface area contributed by atoms with Crippen LogP contribution in [0, 0.1) is 5.92 Å². The van der Waals surface area contributed by atoms with E-state index in [1.807, 2.05) is 0 Å². The molecule has 1 N–H and O–H groups in total. The lowest BCUT2D eigenvalue weighted by atomic mass is 9.75. The van der Waals surface area contributed by atoms with Gasteiger partial charge in [-0.15, -0.1) is 0 Å². The second kappa shape index (κ2) is 4.81. The Morgan fingerprint density at radius 3 is 2.47 bits per heavy atom. The first-order valence-corrected chi connectivity index (χ1v) is 7.14. The third kappa shape index (κ3) is 2.40. The lowest BCUT2D eigenvalue weighted by Crippen LogP contribution is -2.46. The molecule has 2 fully saturated rings. The summed E-state index contributed by atoms with van der Waals surface area (Å²) in [6.45, 7) is 2.40. The van der Waals surface area contributed by atoms with Gasteiger partial charge in [0.05, 0.1) is 0 Å². The summed E-state index contributed by atoms with van der Waals surface area (Å²) in [6, 6.07) is 12.6. The van der Waals surface area contributed by atoms with Gasteiger partial charge in [0.2, 0.25) is 0 Å². The summed E-state index contributed by atoms with van der Waals surface area (Å²) in [7, 11) is 0. The fourth-order valence-corrected chi connectivity index (χ4v) is 3.45. The molecule has 1 aromatic carbocycles. The highest BCUT2D eigenvalue weighted by atomic mass is 15.0. The molecular weight excluding hydrogens is 206 g/mol. The molecule has 0 saturated heterocycles. The van der Waals surface area contributed by atoms with Crippen LogP contribution < -0.4 is 5.32 Å². The van der Waals surface area contributed by atoms with E-state index < -0.39 is 0 Å². The van der Waals surface area contributed by atoms with Crippen LogP contribution in [0.15, 0.2) is 30.3 Å². The van der Waals surface area contributed by atoms with Crippen molar-refractivity contribution in [1.82, 2.24) is 5.32 Å². The van der Waals surface area contributed by atoms with E-state index in [2.05, 4.69) is 42.6 Å². The molecule has 2 saturated carbocycles. The second-order valence-electron chi connectivity index (χ2n) is 5.96. The van der Waals surface area contributed by atoms with Gasteiger partial charge in [0.25, 0.3) is 0 Å². The first-order valence-electron chi connectivity index (χ1n) is 7.14. The highest BCUT2D eigenvalue weighted by Crippen LogP contribution is 2.38. The van der Waals surface area contributed by atoms with Gasteiger partial charge in [0.15, 0.2) is 0 Å². The molecule has 2 aliphatic carbocycles. The van der Waals surface area contributed by atoms with Crippen molar-refractivity contribution >= 4 is 0 Å². The SMILES string of the molecule is CC1CCCC1NC1CC(c2ccccc2)C1. The first kappa shape index (κ1) is 11.3. The van der Waals surface area contributed by atoms with E-state index in [4.69, 9.17) is 0 Å². The second-order valence-corrected chi connectivity index (χ2v) is 5.96. The molecule has 2 aliphatic rings. The normalized spacial score (nSPS) is 36.8. The van der Waals surface area contributed by atoms with Crippen molar-refractivity contribution in [3.05, 3.63) is 35.9 Å². The molecule has 0 radical (unpaired) electrons. The molecule has 0 bridgehead atoms. The largest absolute Gasteiger partial charge is 0.311 e. The van der Waals surface area contributed by atoms with Crippen LogP contribution in [-0.2, 0) is 0 Å². The van der Waals surface area contributed by atoms with Crippen LogP contribution in [0.5, 0.6) is 0 Å². The van der Waals surface area contributed by atoms with E-state index in [1.54, 1.807) is 0 Å². The molecule has 0 amide bonds. The highest BCUT2D eigenvalue weighted by Gasteiger charge is 2.33. The van der Waals surface area contributed by atoms with E-state index in [1.165, 1.54) is 37.7 Å². The van der Waals surface area contributed by atoms with Crippen molar-refractivity contribution < 1.29 is 0 Å². The molecular formula is C16H23N. The summed E-state index contributed by atoms with van der Waals surface area (Å²) < 4.78 is 0. The molecule has 92 valence electrons. The van der Waals surface area contributed by atoms with Crippen molar-refractivity contribution in [3.8, 4) is 0 Å². The molecule has 2 atom stereocenters. The molecule has 2 unspecified atom stereocenters. The van der Waals surface area contributed by atoms with Crippen LogP contribution in [0.3, 0.4) is 0 Å². The number of benzene rings is 1. The monoisotopic (exact) mass is 229 g/mol. The summed E-state index contributed by atoms with van der Waals surface area (Å²) in [4.78, 5) is 0. The average Bonchev–Trinajstić information content (AvgIpc) is 2.70. The van der Waals surface area contributed by atoms with Crippen LogP contribution in [0.2, 0.25) is 0 Å². The van der Waals surface area contributed by atoms with Gasteiger partial charge >= 0.3 is 0 Å². The van der Waals surface area contributed by atoms with Crippen LogP contribution in [0.25, 0.3) is 0 Å². The van der Waals surface area contributed by atoms with Gasteiger partial charge < -0.3 is 5.32 Å². The molecule has 0 heterocycles. The van der Waals surface area contributed by atoms with Crippen molar-refractivity contribution in [1.29, 1.82) is 0 Å². The molecule has 3 rings (SSSR count). The van der Waals surface area contributed by atoms with E-state index in [-0.39, 0.29) is 0 Å². The van der Waals surface area contributed by atoms with Gasteiger partial charge in [-0.2, -0.15) is 0 Å². The summed E-state index contributed by atoms with van der Waals surface area (Å²) in [5.41, 5.74) is 1.53. The summed E-state index contributed by atoms with van der Waals surface area (Å²) in [5.74, 6) is 1.70. The predicted octanol–water partition coefficient (Wildman–Crippen LogP) is 3.71. The van der Waals surface area contributed by atoms with Gasteiger partial charge in [-0.25, -0.2) is 0 Å². The summed E-state index contributed by atoms with van der Waals surface area (Å²) in [5, 5.41) is 3.86. The molecule has 0 aliphatic heterocycles. The van der Waals surface area contributed by atoms with Gasteiger partial charge in [0, 0.05) is 12.1 Å². The van der Waals surface area contributed by atoms with Gasteiger partial charge in [0.1, 0.15) is 0 Å². The number of hydrogen-bond donors (Lipinski definition) is 1. The lowest BCUT2D eigenvalue weighted by molar-refractivity contribution is 0.247. The van der Waals surface area contributed by atoms with Crippen LogP contribution in [0.1, 0.15) is 50.5 Å².